The molecule has 3 rings (SSSR count). The van der Waals surface area contributed by atoms with Crippen molar-refractivity contribution < 1.29 is 9.53 Å². The Labute approximate surface area is 157 Å². The lowest BCUT2D eigenvalue weighted by Gasteiger charge is -2.08. The second-order valence-corrected chi connectivity index (χ2v) is 7.20. The fraction of sp³-hybridized carbons (Fsp3) is 0.238. The van der Waals surface area contributed by atoms with Crippen LogP contribution in [0.2, 0.25) is 0 Å². The largest absolute Gasteiger partial charge is 0.494 e. The zero-order valence-corrected chi connectivity index (χ0v) is 15.8. The highest BCUT2D eigenvalue weighted by molar-refractivity contribution is 7.09. The van der Waals surface area contributed by atoms with E-state index < -0.39 is 0 Å². The summed E-state index contributed by atoms with van der Waals surface area (Å²) in [6.07, 6.45) is 1.11. The highest BCUT2D eigenvalue weighted by Crippen LogP contribution is 2.23. The summed E-state index contributed by atoms with van der Waals surface area (Å²) < 4.78 is 5.64. The summed E-state index contributed by atoms with van der Waals surface area (Å²) in [5, 5.41) is 6.00. The number of carbonyl (C=O) groups is 1. The van der Waals surface area contributed by atoms with Crippen LogP contribution in [0, 0.1) is 13.8 Å². The maximum atomic E-state index is 12.0. The number of hydrogen-bond acceptors (Lipinski definition) is 4. The molecule has 0 saturated carbocycles. The van der Waals surface area contributed by atoms with Crippen molar-refractivity contribution in [1.82, 2.24) is 4.98 Å². The quantitative estimate of drug-likeness (QED) is 0.583. The zero-order chi connectivity index (χ0) is 18.4. The van der Waals surface area contributed by atoms with E-state index in [1.54, 1.807) is 11.3 Å². The number of anilines is 1. The van der Waals surface area contributed by atoms with E-state index in [1.165, 1.54) is 5.56 Å². The van der Waals surface area contributed by atoms with Gasteiger partial charge in [-0.1, -0.05) is 29.8 Å². The first-order chi connectivity index (χ1) is 12.6. The van der Waals surface area contributed by atoms with Crippen LogP contribution in [0.1, 0.15) is 23.4 Å². The monoisotopic (exact) mass is 366 g/mol. The maximum absolute atomic E-state index is 12.0. The van der Waals surface area contributed by atoms with Gasteiger partial charge in [0.15, 0.2) is 0 Å². The molecule has 0 unspecified atom stereocenters. The first kappa shape index (κ1) is 18.1. The Morgan fingerprint density at radius 3 is 2.46 bits per heavy atom. The van der Waals surface area contributed by atoms with Crippen LogP contribution in [-0.4, -0.2) is 17.5 Å². The van der Waals surface area contributed by atoms with Gasteiger partial charge in [0.1, 0.15) is 5.75 Å². The topological polar surface area (TPSA) is 51.2 Å². The fourth-order valence-corrected chi connectivity index (χ4v) is 3.12. The van der Waals surface area contributed by atoms with E-state index in [4.69, 9.17) is 4.74 Å². The Hall–Kier alpha value is -2.66. The highest BCUT2D eigenvalue weighted by atomic mass is 32.1. The molecule has 1 N–H and O–H groups in total. The molecule has 0 aliphatic heterocycles. The lowest BCUT2D eigenvalue weighted by atomic mass is 10.1. The molecule has 1 aromatic heterocycles. The highest BCUT2D eigenvalue weighted by Gasteiger charge is 2.05. The average Bonchev–Trinajstić information content (AvgIpc) is 3.07. The second-order valence-electron chi connectivity index (χ2n) is 6.14. The minimum Gasteiger partial charge on any atom is -0.494 e. The van der Waals surface area contributed by atoms with E-state index in [-0.39, 0.29) is 5.91 Å². The molecule has 26 heavy (non-hydrogen) atoms. The smallest absolute Gasteiger partial charge is 0.224 e. The third-order valence-electron chi connectivity index (χ3n) is 3.92. The first-order valence-corrected chi connectivity index (χ1v) is 9.50. The number of aromatic nitrogens is 1. The molecule has 0 fully saturated rings. The number of rotatable bonds is 7. The number of aryl methyl sites for hydroxylation is 2. The molecule has 4 nitrogen and oxygen atoms in total. The predicted molar refractivity (Wildman–Crippen MR) is 107 cm³/mol. The van der Waals surface area contributed by atoms with Gasteiger partial charge in [-0.05, 0) is 44.5 Å². The number of carbonyl (C=O) groups excluding carboxylic acids is 1. The van der Waals surface area contributed by atoms with Crippen LogP contribution in [0.4, 0.5) is 5.69 Å². The van der Waals surface area contributed by atoms with E-state index in [9.17, 15) is 4.79 Å². The van der Waals surface area contributed by atoms with E-state index in [1.807, 2.05) is 67.8 Å². The van der Waals surface area contributed by atoms with E-state index >= 15 is 0 Å². The number of amides is 1. The Kier molecular flexibility index (Phi) is 6.02. The number of nitrogens with zero attached hydrogens (tertiary/aromatic N) is 1. The molecule has 1 amide bonds. The number of nitrogens with one attached hydrogen (secondary N) is 1. The van der Waals surface area contributed by atoms with Crippen molar-refractivity contribution in [2.45, 2.75) is 26.7 Å². The molecule has 0 radical (unpaired) electrons. The number of benzene rings is 2. The van der Waals surface area contributed by atoms with Crippen molar-refractivity contribution in [3.63, 3.8) is 0 Å². The van der Waals surface area contributed by atoms with Crippen molar-refractivity contribution in [3.8, 4) is 17.0 Å². The van der Waals surface area contributed by atoms with Gasteiger partial charge in [0, 0.05) is 23.1 Å². The zero-order valence-electron chi connectivity index (χ0n) is 15.0. The van der Waals surface area contributed by atoms with Gasteiger partial charge in [-0.25, -0.2) is 4.98 Å². The molecule has 0 aliphatic rings. The minimum absolute atomic E-state index is 0.00485. The van der Waals surface area contributed by atoms with Crippen LogP contribution in [0.3, 0.4) is 0 Å². The molecule has 0 spiro atoms. The van der Waals surface area contributed by atoms with E-state index in [0.29, 0.717) is 19.4 Å². The van der Waals surface area contributed by atoms with Crippen LogP contribution in [-0.2, 0) is 4.79 Å². The standard InChI is InChI=1S/C21H22N2O2S/c1-15-5-11-19(12-6-15)25-13-3-4-21(24)23-18-9-7-17(8-10-18)20-14-26-16(2)22-20/h5-12,14H,3-4,13H2,1-2H3,(H,23,24). The molecule has 134 valence electrons. The summed E-state index contributed by atoms with van der Waals surface area (Å²) in [5.41, 5.74) is 4.02. The number of ether oxygens (including phenoxy) is 1. The van der Waals surface area contributed by atoms with Crippen molar-refractivity contribution in [2.75, 3.05) is 11.9 Å². The average molecular weight is 366 g/mol. The summed E-state index contributed by atoms with van der Waals surface area (Å²) in [4.78, 5) is 16.5. The van der Waals surface area contributed by atoms with Crippen LogP contribution < -0.4 is 10.1 Å². The lowest BCUT2D eigenvalue weighted by Crippen LogP contribution is -2.12. The van der Waals surface area contributed by atoms with Gasteiger partial charge in [-0.15, -0.1) is 11.3 Å². The van der Waals surface area contributed by atoms with Crippen molar-refractivity contribution >= 4 is 22.9 Å². The molecule has 1 heterocycles. The number of hydrogen-bond donors (Lipinski definition) is 1. The molecular formula is C21H22N2O2S. The van der Waals surface area contributed by atoms with Crippen molar-refractivity contribution in [3.05, 3.63) is 64.5 Å². The molecule has 0 atom stereocenters. The summed E-state index contributed by atoms with van der Waals surface area (Å²) in [6, 6.07) is 15.7. The van der Waals surface area contributed by atoms with Crippen LogP contribution in [0.15, 0.2) is 53.9 Å². The van der Waals surface area contributed by atoms with Gasteiger partial charge in [0.25, 0.3) is 0 Å². The summed E-state index contributed by atoms with van der Waals surface area (Å²) in [5.74, 6) is 0.832. The van der Waals surface area contributed by atoms with Gasteiger partial charge >= 0.3 is 0 Å². The van der Waals surface area contributed by atoms with E-state index in [0.717, 1.165) is 27.7 Å². The molecule has 0 bridgehead atoms. The SMILES string of the molecule is Cc1ccc(OCCCC(=O)Nc2ccc(-c3csc(C)n3)cc2)cc1. The van der Waals surface area contributed by atoms with Gasteiger partial charge in [0.2, 0.25) is 5.91 Å². The lowest BCUT2D eigenvalue weighted by molar-refractivity contribution is -0.116. The maximum Gasteiger partial charge on any atom is 0.224 e. The summed E-state index contributed by atoms with van der Waals surface area (Å²) >= 11 is 1.63. The first-order valence-electron chi connectivity index (χ1n) is 8.62. The van der Waals surface area contributed by atoms with Gasteiger partial charge in [-0.2, -0.15) is 0 Å². The molecule has 3 aromatic rings. The minimum atomic E-state index is -0.00485. The Morgan fingerprint density at radius 2 is 1.81 bits per heavy atom. The molecular weight excluding hydrogens is 344 g/mol. The second kappa shape index (κ2) is 8.63. The van der Waals surface area contributed by atoms with Crippen LogP contribution >= 0.6 is 11.3 Å². The fourth-order valence-electron chi connectivity index (χ4n) is 2.50. The van der Waals surface area contributed by atoms with Gasteiger partial charge in [-0.3, -0.25) is 4.79 Å². The molecule has 0 saturated heterocycles. The van der Waals surface area contributed by atoms with Gasteiger partial charge < -0.3 is 10.1 Å². The normalized spacial score (nSPS) is 10.5. The van der Waals surface area contributed by atoms with Crippen molar-refractivity contribution in [2.24, 2.45) is 0 Å². The van der Waals surface area contributed by atoms with Gasteiger partial charge in [0.05, 0.1) is 17.3 Å². The Balaban J connectivity index is 1.42. The molecule has 5 heteroatoms. The third-order valence-corrected chi connectivity index (χ3v) is 4.69. The van der Waals surface area contributed by atoms with E-state index in [2.05, 4.69) is 10.3 Å². The number of thiazole rings is 1. The third kappa shape index (κ3) is 5.17. The summed E-state index contributed by atoms with van der Waals surface area (Å²) in [7, 11) is 0. The van der Waals surface area contributed by atoms with Crippen LogP contribution in [0.25, 0.3) is 11.3 Å². The van der Waals surface area contributed by atoms with Crippen molar-refractivity contribution in [1.29, 1.82) is 0 Å². The van der Waals surface area contributed by atoms with Crippen LogP contribution in [0.5, 0.6) is 5.75 Å². The Morgan fingerprint density at radius 1 is 1.08 bits per heavy atom. The molecule has 2 aromatic carbocycles. The molecule has 0 aliphatic carbocycles. The predicted octanol–water partition coefficient (Wildman–Crippen LogP) is 5.22. The Bertz CT molecular complexity index is 854. The summed E-state index contributed by atoms with van der Waals surface area (Å²) in [6.45, 7) is 4.56.